The lowest BCUT2D eigenvalue weighted by Gasteiger charge is -2.21. The smallest absolute Gasteiger partial charge is 0.235 e. The van der Waals surface area contributed by atoms with E-state index in [2.05, 4.69) is 5.32 Å². The molecule has 69 valence electrons. The van der Waals surface area contributed by atoms with Crippen molar-refractivity contribution in [2.24, 2.45) is 5.92 Å². The Morgan fingerprint density at radius 1 is 1.33 bits per heavy atom. The molecule has 1 rings (SSSR count). The first kappa shape index (κ1) is 9.52. The molecular formula is C9H17N2O. The maximum Gasteiger partial charge on any atom is 0.235 e. The minimum Gasteiger partial charge on any atom is -0.355 e. The number of carbonyl (C=O) groups excluding carboxylic acids is 1. The Bertz CT molecular complexity index is 141. The number of hydrogen-bond acceptors (Lipinski definition) is 1. The highest BCUT2D eigenvalue weighted by Gasteiger charge is 2.13. The fourth-order valence-electron chi connectivity index (χ4n) is 1.71. The molecule has 0 saturated heterocycles. The van der Waals surface area contributed by atoms with Gasteiger partial charge in [-0.1, -0.05) is 19.3 Å². The monoisotopic (exact) mass is 169 g/mol. The fourth-order valence-corrected chi connectivity index (χ4v) is 1.71. The molecule has 0 spiro atoms. The van der Waals surface area contributed by atoms with Crippen LogP contribution in [0.15, 0.2) is 0 Å². The number of amides is 1. The van der Waals surface area contributed by atoms with E-state index in [0.29, 0.717) is 5.92 Å². The van der Waals surface area contributed by atoms with Crippen LogP contribution in [0.25, 0.3) is 0 Å². The summed E-state index contributed by atoms with van der Waals surface area (Å²) in [5, 5.41) is 2.78. The Kier molecular flexibility index (Phi) is 4.08. The quantitative estimate of drug-likeness (QED) is 0.672. The molecule has 0 unspecified atom stereocenters. The molecule has 0 aromatic rings. The van der Waals surface area contributed by atoms with Gasteiger partial charge < -0.3 is 5.32 Å². The Morgan fingerprint density at radius 2 is 2.00 bits per heavy atom. The summed E-state index contributed by atoms with van der Waals surface area (Å²) >= 11 is 0. The van der Waals surface area contributed by atoms with Crippen molar-refractivity contribution in [1.29, 1.82) is 0 Å². The van der Waals surface area contributed by atoms with Crippen molar-refractivity contribution < 1.29 is 4.79 Å². The largest absolute Gasteiger partial charge is 0.355 e. The molecule has 3 heteroatoms. The molecule has 0 aromatic carbocycles. The van der Waals surface area contributed by atoms with Crippen LogP contribution >= 0.6 is 0 Å². The van der Waals surface area contributed by atoms with E-state index in [-0.39, 0.29) is 12.5 Å². The van der Waals surface area contributed by atoms with Crippen LogP contribution in [0.2, 0.25) is 0 Å². The van der Waals surface area contributed by atoms with Gasteiger partial charge in [0.05, 0.1) is 6.54 Å². The molecule has 12 heavy (non-hydrogen) atoms. The standard InChI is InChI=1S/C9H17N2O/c10-6-9(12)11-7-8-4-2-1-3-5-8/h8,10H,1-7H2,(H,11,12). The van der Waals surface area contributed by atoms with E-state index in [9.17, 15) is 4.79 Å². The highest BCUT2D eigenvalue weighted by molar-refractivity contribution is 5.77. The van der Waals surface area contributed by atoms with E-state index in [4.69, 9.17) is 5.73 Å². The summed E-state index contributed by atoms with van der Waals surface area (Å²) in [6, 6.07) is 0. The molecule has 0 bridgehead atoms. The van der Waals surface area contributed by atoms with Crippen LogP contribution in [0, 0.1) is 5.92 Å². The van der Waals surface area contributed by atoms with E-state index < -0.39 is 0 Å². The molecule has 1 fully saturated rings. The maximum absolute atomic E-state index is 10.8. The third-order valence-corrected chi connectivity index (χ3v) is 2.47. The Morgan fingerprint density at radius 3 is 2.58 bits per heavy atom. The van der Waals surface area contributed by atoms with Gasteiger partial charge in [-0.3, -0.25) is 4.79 Å². The molecule has 0 atom stereocenters. The van der Waals surface area contributed by atoms with Crippen molar-refractivity contribution in [2.75, 3.05) is 13.1 Å². The first-order chi connectivity index (χ1) is 5.83. The summed E-state index contributed by atoms with van der Waals surface area (Å²) in [6.07, 6.45) is 6.46. The van der Waals surface area contributed by atoms with Crippen molar-refractivity contribution in [2.45, 2.75) is 32.1 Å². The summed E-state index contributed by atoms with van der Waals surface area (Å²) in [6.45, 7) is 0.657. The summed E-state index contributed by atoms with van der Waals surface area (Å²) in [7, 11) is 0. The topological polar surface area (TPSA) is 52.9 Å². The molecule has 1 aliphatic carbocycles. The van der Waals surface area contributed by atoms with Gasteiger partial charge in [0, 0.05) is 6.54 Å². The summed E-state index contributed by atoms with van der Waals surface area (Å²) in [5.41, 5.74) is 6.81. The normalized spacial score (nSPS) is 19.1. The van der Waals surface area contributed by atoms with Gasteiger partial charge in [-0.2, -0.15) is 0 Å². The second kappa shape index (κ2) is 5.14. The van der Waals surface area contributed by atoms with Crippen LogP contribution < -0.4 is 11.1 Å². The first-order valence-corrected chi connectivity index (χ1v) is 4.74. The highest BCUT2D eigenvalue weighted by atomic mass is 16.1. The molecule has 1 amide bonds. The van der Waals surface area contributed by atoms with Crippen LogP contribution in [0.4, 0.5) is 0 Å². The number of nitrogens with one attached hydrogen (secondary N) is 2. The van der Waals surface area contributed by atoms with Gasteiger partial charge in [-0.25, -0.2) is 5.73 Å². The first-order valence-electron chi connectivity index (χ1n) is 4.74. The highest BCUT2D eigenvalue weighted by Crippen LogP contribution is 2.22. The number of carbonyl (C=O) groups is 1. The molecule has 1 radical (unpaired) electrons. The lowest BCUT2D eigenvalue weighted by atomic mass is 9.89. The van der Waals surface area contributed by atoms with Gasteiger partial charge in [0.2, 0.25) is 5.91 Å². The predicted molar refractivity (Wildman–Crippen MR) is 47.5 cm³/mol. The van der Waals surface area contributed by atoms with E-state index in [1.807, 2.05) is 0 Å². The molecular weight excluding hydrogens is 152 g/mol. The number of hydrogen-bond donors (Lipinski definition) is 1. The van der Waals surface area contributed by atoms with E-state index >= 15 is 0 Å². The summed E-state index contributed by atoms with van der Waals surface area (Å²) < 4.78 is 0. The second-order valence-corrected chi connectivity index (χ2v) is 3.48. The molecule has 3 nitrogen and oxygen atoms in total. The molecule has 0 aromatic heterocycles. The zero-order valence-corrected chi connectivity index (χ0v) is 7.44. The molecule has 2 N–H and O–H groups in total. The van der Waals surface area contributed by atoms with E-state index in [0.717, 1.165) is 6.54 Å². The summed E-state index contributed by atoms with van der Waals surface area (Å²) in [5.74, 6) is 0.537. The average Bonchev–Trinajstić information content (AvgIpc) is 2.16. The van der Waals surface area contributed by atoms with E-state index in [1.165, 1.54) is 32.1 Å². The lowest BCUT2D eigenvalue weighted by molar-refractivity contribution is -0.120. The lowest BCUT2D eigenvalue weighted by Crippen LogP contribution is -2.32. The van der Waals surface area contributed by atoms with Gasteiger partial charge in [-0.05, 0) is 18.8 Å². The average molecular weight is 169 g/mol. The fraction of sp³-hybridized carbons (Fsp3) is 0.889. The maximum atomic E-state index is 10.8. The third-order valence-electron chi connectivity index (χ3n) is 2.47. The van der Waals surface area contributed by atoms with Crippen molar-refractivity contribution in [3.8, 4) is 0 Å². The van der Waals surface area contributed by atoms with Crippen LogP contribution in [0.5, 0.6) is 0 Å². The third kappa shape index (κ3) is 3.22. The number of rotatable bonds is 3. The van der Waals surface area contributed by atoms with Crippen LogP contribution in [0.3, 0.4) is 0 Å². The van der Waals surface area contributed by atoms with Crippen LogP contribution in [0.1, 0.15) is 32.1 Å². The molecule has 1 saturated carbocycles. The summed E-state index contributed by atoms with van der Waals surface area (Å²) in [4.78, 5) is 10.8. The SMILES string of the molecule is [NH]CC(=O)NCC1CCCCC1. The van der Waals surface area contributed by atoms with E-state index in [1.54, 1.807) is 0 Å². The Labute approximate surface area is 73.7 Å². The van der Waals surface area contributed by atoms with Crippen molar-refractivity contribution in [1.82, 2.24) is 11.1 Å². The van der Waals surface area contributed by atoms with Gasteiger partial charge in [0.25, 0.3) is 0 Å². The Balaban J connectivity index is 2.09. The predicted octanol–water partition coefficient (Wildman–Crippen LogP) is 0.966. The minimum atomic E-state index is -0.138. The zero-order chi connectivity index (χ0) is 8.81. The van der Waals surface area contributed by atoms with Gasteiger partial charge >= 0.3 is 0 Å². The van der Waals surface area contributed by atoms with Gasteiger partial charge in [0.15, 0.2) is 0 Å². The second-order valence-electron chi connectivity index (χ2n) is 3.48. The molecule has 1 aliphatic rings. The van der Waals surface area contributed by atoms with Crippen LogP contribution in [-0.2, 0) is 4.79 Å². The van der Waals surface area contributed by atoms with Crippen molar-refractivity contribution >= 4 is 5.91 Å². The van der Waals surface area contributed by atoms with Crippen molar-refractivity contribution in [3.63, 3.8) is 0 Å². The molecule has 0 aliphatic heterocycles. The van der Waals surface area contributed by atoms with Crippen LogP contribution in [-0.4, -0.2) is 19.0 Å². The van der Waals surface area contributed by atoms with Crippen molar-refractivity contribution in [3.05, 3.63) is 0 Å². The van der Waals surface area contributed by atoms with Gasteiger partial charge in [0.1, 0.15) is 0 Å². The van der Waals surface area contributed by atoms with Gasteiger partial charge in [-0.15, -0.1) is 0 Å². The molecule has 0 heterocycles. The zero-order valence-electron chi connectivity index (χ0n) is 7.44. The Hall–Kier alpha value is -0.570. The minimum absolute atomic E-state index is 0.132.